The van der Waals surface area contributed by atoms with Crippen LogP contribution in [0.2, 0.25) is 0 Å². The van der Waals surface area contributed by atoms with Crippen LogP contribution in [0.1, 0.15) is 63.2 Å². The van der Waals surface area contributed by atoms with Gasteiger partial charge in [0.05, 0.1) is 5.69 Å². The molecule has 0 N–H and O–H groups in total. The van der Waals surface area contributed by atoms with Gasteiger partial charge in [0.2, 0.25) is 0 Å². The lowest BCUT2D eigenvalue weighted by molar-refractivity contribution is 0.100. The Morgan fingerprint density at radius 1 is 0.939 bits per heavy atom. The van der Waals surface area contributed by atoms with Gasteiger partial charge in [0.1, 0.15) is 4.99 Å². The third kappa shape index (κ3) is 3.45. The molecule has 2 aromatic carbocycles. The fraction of sp³-hybridized carbons (Fsp3) is 0.448. The van der Waals surface area contributed by atoms with E-state index < -0.39 is 0 Å². The Morgan fingerprint density at radius 3 is 2.18 bits per heavy atom. The van der Waals surface area contributed by atoms with E-state index in [1.54, 1.807) is 4.90 Å². The van der Waals surface area contributed by atoms with E-state index in [1.165, 1.54) is 37.0 Å². The number of thiocarbonyl (C=S) groups is 1. The van der Waals surface area contributed by atoms with E-state index in [9.17, 15) is 4.79 Å². The summed E-state index contributed by atoms with van der Waals surface area (Å²) in [6.45, 7) is 9.46. The molecule has 0 radical (unpaired) electrons. The maximum Gasteiger partial charge on any atom is 0.263 e. The van der Waals surface area contributed by atoms with Crippen molar-refractivity contribution in [1.29, 1.82) is 0 Å². The summed E-state index contributed by atoms with van der Waals surface area (Å²) >= 11 is 6.28. The average Bonchev–Trinajstić information content (AvgIpc) is 3.18. The minimum Gasteiger partial charge on any atom is -0.374 e. The number of hydrogen-bond donors (Lipinski definition) is 0. The van der Waals surface area contributed by atoms with Crippen molar-refractivity contribution in [2.45, 2.75) is 52.9 Å². The van der Waals surface area contributed by atoms with Gasteiger partial charge in [-0.25, -0.2) is 0 Å². The summed E-state index contributed by atoms with van der Waals surface area (Å²) in [6.07, 6.45) is 6.10. The molecule has 2 fully saturated rings. The molecule has 1 aliphatic heterocycles. The maximum atomic E-state index is 13.9. The first-order valence-corrected chi connectivity index (χ1v) is 12.8. The van der Waals surface area contributed by atoms with Crippen LogP contribution in [0.15, 0.2) is 71.9 Å². The number of carbonyl (C=O) groups excluding carboxylic acids is 1. The molecule has 2 bridgehead atoms. The summed E-state index contributed by atoms with van der Waals surface area (Å²) in [4.78, 5) is 19.0. The first kappa shape index (κ1) is 22.3. The first-order valence-electron chi connectivity index (χ1n) is 12.3. The van der Waals surface area contributed by atoms with E-state index in [2.05, 4.69) is 25.7 Å². The van der Waals surface area contributed by atoms with E-state index >= 15 is 0 Å². The van der Waals surface area contributed by atoms with Crippen molar-refractivity contribution in [2.75, 3.05) is 18.0 Å². The monoisotopic (exact) mass is 458 g/mol. The number of carbonyl (C=O) groups is 1. The Hall–Kier alpha value is -2.46. The number of benzene rings is 2. The van der Waals surface area contributed by atoms with Crippen molar-refractivity contribution >= 4 is 28.8 Å². The van der Waals surface area contributed by atoms with Gasteiger partial charge in [-0.05, 0) is 67.7 Å². The smallest absolute Gasteiger partial charge is 0.263 e. The Balaban J connectivity index is 1.65. The Labute approximate surface area is 203 Å². The van der Waals surface area contributed by atoms with Crippen molar-refractivity contribution < 1.29 is 4.79 Å². The van der Waals surface area contributed by atoms with Crippen LogP contribution in [-0.4, -0.2) is 28.9 Å². The molecule has 3 aliphatic rings. The van der Waals surface area contributed by atoms with Crippen LogP contribution in [0.3, 0.4) is 0 Å². The van der Waals surface area contributed by atoms with Crippen LogP contribution in [0.4, 0.5) is 5.69 Å². The van der Waals surface area contributed by atoms with E-state index in [0.717, 1.165) is 25.2 Å². The van der Waals surface area contributed by atoms with Crippen molar-refractivity contribution in [3.8, 4) is 0 Å². The largest absolute Gasteiger partial charge is 0.374 e. The second-order valence-electron chi connectivity index (χ2n) is 10.6. The molecule has 5 rings (SSSR count). The number of piperidine rings is 1. The number of fused-ring (bicyclic) bond motifs is 2. The summed E-state index contributed by atoms with van der Waals surface area (Å²) in [6, 6.07) is 19.5. The van der Waals surface area contributed by atoms with Crippen LogP contribution >= 0.6 is 12.2 Å². The Bertz CT molecular complexity index is 1090. The molecular weight excluding hydrogens is 424 g/mol. The molecule has 1 saturated carbocycles. The van der Waals surface area contributed by atoms with Gasteiger partial charge in [-0.3, -0.25) is 9.69 Å². The normalized spacial score (nSPS) is 25.9. The summed E-state index contributed by atoms with van der Waals surface area (Å²) in [7, 11) is 0. The molecule has 172 valence electrons. The van der Waals surface area contributed by atoms with Gasteiger partial charge in [-0.1, -0.05) is 69.4 Å². The van der Waals surface area contributed by atoms with E-state index in [1.807, 2.05) is 60.7 Å². The van der Waals surface area contributed by atoms with Crippen LogP contribution < -0.4 is 4.90 Å². The molecule has 3 nitrogen and oxygen atoms in total. The number of hydrogen-bond acceptors (Lipinski definition) is 3. The molecule has 4 heteroatoms. The zero-order valence-electron chi connectivity index (χ0n) is 20.0. The van der Waals surface area contributed by atoms with Crippen molar-refractivity contribution in [3.05, 3.63) is 77.5 Å². The summed E-state index contributed by atoms with van der Waals surface area (Å²) in [5.41, 5.74) is 4.39. The Kier molecular flexibility index (Phi) is 5.68. The molecule has 0 aromatic heterocycles. The van der Waals surface area contributed by atoms with Crippen molar-refractivity contribution in [2.24, 2.45) is 16.7 Å². The number of amides is 1. The minimum absolute atomic E-state index is 0.0528. The van der Waals surface area contributed by atoms with E-state index in [4.69, 9.17) is 12.2 Å². The molecular formula is C29H34N2OS. The number of nitrogens with zero attached hydrogens (tertiary/aromatic N) is 2. The molecule has 0 spiro atoms. The van der Waals surface area contributed by atoms with Crippen molar-refractivity contribution in [3.63, 3.8) is 0 Å². The van der Waals surface area contributed by atoms with Gasteiger partial charge in [0.15, 0.2) is 0 Å². The number of para-hydroxylation sites is 1. The lowest BCUT2D eigenvalue weighted by Gasteiger charge is -2.43. The molecule has 33 heavy (non-hydrogen) atoms. The number of likely N-dealkylation sites (tertiary alicyclic amines) is 1. The molecule has 1 amide bonds. The fourth-order valence-electron chi connectivity index (χ4n) is 6.51. The molecule has 1 saturated heterocycles. The van der Waals surface area contributed by atoms with Gasteiger partial charge in [0, 0.05) is 35.3 Å². The van der Waals surface area contributed by atoms with Gasteiger partial charge in [-0.15, -0.1) is 0 Å². The summed E-state index contributed by atoms with van der Waals surface area (Å²) < 4.78 is 0. The zero-order chi connectivity index (χ0) is 23.2. The van der Waals surface area contributed by atoms with Crippen LogP contribution in [-0.2, 0) is 0 Å². The highest BCUT2D eigenvalue weighted by atomic mass is 32.1. The van der Waals surface area contributed by atoms with Gasteiger partial charge >= 0.3 is 0 Å². The van der Waals surface area contributed by atoms with Gasteiger partial charge in [-0.2, -0.15) is 0 Å². The average molecular weight is 459 g/mol. The lowest BCUT2D eigenvalue weighted by Crippen LogP contribution is -2.42. The zero-order valence-corrected chi connectivity index (χ0v) is 20.8. The standard InChI is InChI=1S/C29H34N2OS/c1-28(2)23-17-18-29(28,3)25(30-19-11-6-12-20-30)24(23)27(33)31(22-15-9-5-10-16-22)26(32)21-13-7-4-8-14-21/h4-5,7-10,13-16,23H,6,11-12,17-20H2,1-3H3/t23-,29+/m1/s1. The molecule has 2 aromatic rings. The second kappa shape index (κ2) is 8.39. The SMILES string of the molecule is CC1(C)[C@@H]2CC[C@@]1(C)C(N1CCCCC1)=C2C(=S)N(C(=O)c1ccccc1)c1ccccc1. The predicted octanol–water partition coefficient (Wildman–Crippen LogP) is 6.86. The lowest BCUT2D eigenvalue weighted by atomic mass is 9.69. The minimum atomic E-state index is -0.0528. The highest BCUT2D eigenvalue weighted by Crippen LogP contribution is 2.68. The molecule has 1 heterocycles. The summed E-state index contributed by atoms with van der Waals surface area (Å²) in [5.74, 6) is 0.324. The predicted molar refractivity (Wildman–Crippen MR) is 139 cm³/mol. The van der Waals surface area contributed by atoms with Crippen LogP contribution in [0.25, 0.3) is 0 Å². The Morgan fingerprint density at radius 2 is 1.55 bits per heavy atom. The van der Waals surface area contributed by atoms with Crippen LogP contribution in [0.5, 0.6) is 0 Å². The topological polar surface area (TPSA) is 23.6 Å². The third-order valence-corrected chi connectivity index (χ3v) is 9.10. The number of anilines is 1. The highest BCUT2D eigenvalue weighted by molar-refractivity contribution is 7.81. The van der Waals surface area contributed by atoms with Gasteiger partial charge < -0.3 is 4.90 Å². The maximum absolute atomic E-state index is 13.9. The fourth-order valence-corrected chi connectivity index (χ4v) is 6.94. The molecule has 2 atom stereocenters. The second-order valence-corrected chi connectivity index (χ2v) is 11.0. The van der Waals surface area contributed by atoms with E-state index in [0.29, 0.717) is 16.5 Å². The van der Waals surface area contributed by atoms with Crippen LogP contribution in [0, 0.1) is 16.7 Å². The summed E-state index contributed by atoms with van der Waals surface area (Å²) in [5, 5.41) is 0. The third-order valence-electron chi connectivity index (χ3n) is 8.70. The number of allylic oxidation sites excluding steroid dienone is 1. The van der Waals surface area contributed by atoms with Crippen molar-refractivity contribution in [1.82, 2.24) is 4.90 Å². The number of rotatable bonds is 4. The molecule has 2 aliphatic carbocycles. The van der Waals surface area contributed by atoms with Gasteiger partial charge in [0.25, 0.3) is 5.91 Å². The van der Waals surface area contributed by atoms with E-state index in [-0.39, 0.29) is 16.7 Å². The first-order chi connectivity index (χ1) is 15.9. The quantitative estimate of drug-likeness (QED) is 0.468. The molecule has 0 unspecified atom stereocenters. The highest BCUT2D eigenvalue weighted by Gasteiger charge is 2.63.